The van der Waals surface area contributed by atoms with Crippen LogP contribution < -0.4 is 4.74 Å². The molecule has 116 valence electrons. The van der Waals surface area contributed by atoms with Crippen LogP contribution in [0.3, 0.4) is 0 Å². The molecule has 0 amide bonds. The van der Waals surface area contributed by atoms with Crippen LogP contribution in [0.15, 0.2) is 24.3 Å². The quantitative estimate of drug-likeness (QED) is 0.882. The van der Waals surface area contributed by atoms with E-state index in [1.807, 2.05) is 0 Å². The number of halogens is 1. The first-order valence-electron chi connectivity index (χ1n) is 6.60. The number of ether oxygens (including phenoxy) is 2. The van der Waals surface area contributed by atoms with Crippen LogP contribution in [0.2, 0.25) is 0 Å². The molecule has 0 atom stereocenters. The zero-order valence-corrected chi connectivity index (χ0v) is 12.5. The number of pyridine rings is 1. The summed E-state index contributed by atoms with van der Waals surface area (Å²) < 4.78 is 22.8. The van der Waals surface area contributed by atoms with Gasteiger partial charge in [-0.3, -0.25) is 4.98 Å². The number of hydrogen-bond acceptors (Lipinski definition) is 5. The van der Waals surface area contributed by atoms with Gasteiger partial charge in [-0.2, -0.15) is 0 Å². The van der Waals surface area contributed by atoms with Gasteiger partial charge in [0.05, 0.1) is 19.4 Å². The maximum Gasteiger partial charge on any atom is 0.513 e. The first-order chi connectivity index (χ1) is 10.5. The average Bonchev–Trinajstić information content (AvgIpc) is 2.50. The molecule has 0 bridgehead atoms. The van der Waals surface area contributed by atoms with Gasteiger partial charge in [0.1, 0.15) is 5.82 Å². The predicted octanol–water partition coefficient (Wildman–Crippen LogP) is 3.14. The van der Waals surface area contributed by atoms with Crippen molar-refractivity contribution < 1.29 is 23.8 Å². The van der Waals surface area contributed by atoms with Crippen molar-refractivity contribution in [3.63, 3.8) is 0 Å². The number of aliphatic hydroxyl groups is 1. The Balaban J connectivity index is 2.71. The van der Waals surface area contributed by atoms with Crippen LogP contribution in [0, 0.1) is 19.7 Å². The normalized spacial score (nSPS) is 10.4. The zero-order valence-electron chi connectivity index (χ0n) is 12.5. The van der Waals surface area contributed by atoms with Gasteiger partial charge in [0.25, 0.3) is 0 Å². The first-order valence-corrected chi connectivity index (χ1v) is 6.60. The van der Waals surface area contributed by atoms with E-state index in [-0.39, 0.29) is 18.2 Å². The van der Waals surface area contributed by atoms with E-state index in [0.717, 1.165) is 0 Å². The van der Waals surface area contributed by atoms with Gasteiger partial charge in [-0.15, -0.1) is 0 Å². The second kappa shape index (κ2) is 6.53. The maximum absolute atomic E-state index is 13.1. The molecule has 0 aliphatic heterocycles. The highest BCUT2D eigenvalue weighted by Gasteiger charge is 2.21. The molecule has 0 fully saturated rings. The first kappa shape index (κ1) is 15.9. The Morgan fingerprint density at radius 2 is 1.86 bits per heavy atom. The Kier molecular flexibility index (Phi) is 4.72. The number of hydrogen-bond donors (Lipinski definition) is 1. The van der Waals surface area contributed by atoms with Crippen LogP contribution in [0.1, 0.15) is 17.0 Å². The maximum atomic E-state index is 13.1. The summed E-state index contributed by atoms with van der Waals surface area (Å²) in [6.07, 6.45) is -0.888. The summed E-state index contributed by atoms with van der Waals surface area (Å²) >= 11 is 0. The van der Waals surface area contributed by atoms with Gasteiger partial charge in [-0.1, -0.05) is 12.1 Å². The van der Waals surface area contributed by atoms with E-state index in [9.17, 15) is 14.3 Å². The lowest BCUT2D eigenvalue weighted by Gasteiger charge is -2.17. The average molecular weight is 305 g/mol. The van der Waals surface area contributed by atoms with Crippen LogP contribution in [-0.4, -0.2) is 23.4 Å². The van der Waals surface area contributed by atoms with Gasteiger partial charge in [0.2, 0.25) is 0 Å². The number of rotatable bonds is 3. The van der Waals surface area contributed by atoms with E-state index in [2.05, 4.69) is 9.72 Å². The number of carbonyl (C=O) groups is 1. The van der Waals surface area contributed by atoms with Gasteiger partial charge in [0, 0.05) is 16.8 Å². The fraction of sp³-hybridized carbons (Fsp3) is 0.250. The fourth-order valence-corrected chi connectivity index (χ4v) is 2.23. The van der Waals surface area contributed by atoms with Crippen molar-refractivity contribution in [2.75, 3.05) is 7.11 Å². The molecule has 0 saturated carbocycles. The Morgan fingerprint density at radius 3 is 2.41 bits per heavy atom. The second-order valence-electron chi connectivity index (χ2n) is 4.69. The smallest absolute Gasteiger partial charge is 0.437 e. The Bertz CT molecular complexity index is 698. The van der Waals surface area contributed by atoms with Crippen LogP contribution in [0.5, 0.6) is 5.75 Å². The van der Waals surface area contributed by atoms with Gasteiger partial charge in [-0.25, -0.2) is 9.18 Å². The standard InChI is InChI=1S/C16H16FNO4/c1-9-13(8-19)14(11-4-6-12(17)7-5-11)15(10(2)18-9)22-16(20)21-3/h4-7,19H,8H2,1-3H3. The molecule has 1 aromatic carbocycles. The minimum absolute atomic E-state index is 0.188. The molecule has 1 heterocycles. The van der Waals surface area contributed by atoms with Crippen molar-refractivity contribution >= 4 is 6.16 Å². The molecular weight excluding hydrogens is 289 g/mol. The molecule has 5 nitrogen and oxygen atoms in total. The van der Waals surface area contributed by atoms with Crippen molar-refractivity contribution in [2.45, 2.75) is 20.5 Å². The summed E-state index contributed by atoms with van der Waals surface area (Å²) in [5.74, 6) is -0.194. The fourth-order valence-electron chi connectivity index (χ4n) is 2.23. The summed E-state index contributed by atoms with van der Waals surface area (Å²) in [5.41, 5.74) is 2.70. The number of methoxy groups -OCH3 is 1. The summed E-state index contributed by atoms with van der Waals surface area (Å²) in [4.78, 5) is 15.7. The van der Waals surface area contributed by atoms with Gasteiger partial charge in [-0.05, 0) is 31.5 Å². The van der Waals surface area contributed by atoms with Crippen LogP contribution >= 0.6 is 0 Å². The molecule has 0 radical (unpaired) electrons. The topological polar surface area (TPSA) is 68.7 Å². The lowest BCUT2D eigenvalue weighted by Crippen LogP contribution is -2.12. The molecule has 0 aliphatic rings. The molecule has 0 saturated heterocycles. The highest BCUT2D eigenvalue weighted by atomic mass is 19.1. The molecule has 1 aromatic heterocycles. The van der Waals surface area contributed by atoms with E-state index in [1.165, 1.54) is 19.2 Å². The van der Waals surface area contributed by atoms with Crippen molar-refractivity contribution in [3.8, 4) is 16.9 Å². The summed E-state index contributed by atoms with van der Waals surface area (Å²) in [7, 11) is 1.20. The second-order valence-corrected chi connectivity index (χ2v) is 4.69. The van der Waals surface area contributed by atoms with E-state index in [1.54, 1.807) is 26.0 Å². The molecule has 2 rings (SSSR count). The van der Waals surface area contributed by atoms with Crippen LogP contribution in [0.4, 0.5) is 9.18 Å². The summed E-state index contributed by atoms with van der Waals surface area (Å²) in [6.45, 7) is 3.14. The van der Waals surface area contributed by atoms with E-state index >= 15 is 0 Å². The van der Waals surface area contributed by atoms with Crippen molar-refractivity contribution in [3.05, 3.63) is 47.0 Å². The number of nitrogens with zero attached hydrogens (tertiary/aromatic N) is 1. The monoisotopic (exact) mass is 305 g/mol. The van der Waals surface area contributed by atoms with Gasteiger partial charge >= 0.3 is 6.16 Å². The Morgan fingerprint density at radius 1 is 1.23 bits per heavy atom. The number of aliphatic hydroxyl groups excluding tert-OH is 1. The third-order valence-electron chi connectivity index (χ3n) is 3.27. The molecule has 0 aliphatic carbocycles. The third kappa shape index (κ3) is 3.07. The van der Waals surface area contributed by atoms with Crippen LogP contribution in [0.25, 0.3) is 11.1 Å². The van der Waals surface area contributed by atoms with Crippen molar-refractivity contribution in [2.24, 2.45) is 0 Å². The summed E-state index contributed by atoms with van der Waals surface area (Å²) in [5, 5.41) is 9.64. The lowest BCUT2D eigenvalue weighted by atomic mass is 9.97. The number of aryl methyl sites for hydroxylation is 2. The zero-order chi connectivity index (χ0) is 16.3. The Labute approximate surface area is 127 Å². The van der Waals surface area contributed by atoms with E-state index in [4.69, 9.17) is 4.74 Å². The largest absolute Gasteiger partial charge is 0.513 e. The molecule has 6 heteroatoms. The summed E-state index contributed by atoms with van der Waals surface area (Å²) in [6, 6.07) is 5.69. The van der Waals surface area contributed by atoms with Crippen molar-refractivity contribution in [1.82, 2.24) is 4.98 Å². The SMILES string of the molecule is COC(=O)Oc1c(C)nc(C)c(CO)c1-c1ccc(F)cc1. The molecule has 1 N–H and O–H groups in total. The molecule has 22 heavy (non-hydrogen) atoms. The van der Waals surface area contributed by atoms with Gasteiger partial charge < -0.3 is 14.6 Å². The number of benzene rings is 1. The molecule has 0 spiro atoms. The van der Waals surface area contributed by atoms with E-state index < -0.39 is 6.16 Å². The number of aromatic nitrogens is 1. The highest BCUT2D eigenvalue weighted by Crippen LogP contribution is 2.37. The van der Waals surface area contributed by atoms with Crippen LogP contribution in [-0.2, 0) is 11.3 Å². The highest BCUT2D eigenvalue weighted by molar-refractivity contribution is 5.78. The van der Waals surface area contributed by atoms with E-state index in [0.29, 0.717) is 28.1 Å². The van der Waals surface area contributed by atoms with Gasteiger partial charge in [0.15, 0.2) is 5.75 Å². The minimum atomic E-state index is -0.888. The lowest BCUT2D eigenvalue weighted by molar-refractivity contribution is 0.121. The molecule has 0 unspecified atom stereocenters. The minimum Gasteiger partial charge on any atom is -0.437 e. The molecule has 2 aromatic rings. The third-order valence-corrected chi connectivity index (χ3v) is 3.27. The number of carbonyl (C=O) groups excluding carboxylic acids is 1. The predicted molar refractivity (Wildman–Crippen MR) is 78.1 cm³/mol. The Hall–Kier alpha value is -2.47. The molecular formula is C16H16FNO4. The van der Waals surface area contributed by atoms with Crippen molar-refractivity contribution in [1.29, 1.82) is 0 Å².